The van der Waals surface area contributed by atoms with Crippen molar-refractivity contribution in [3.05, 3.63) is 35.9 Å². The minimum Gasteiger partial charge on any atom is -0.445 e. The smallest absolute Gasteiger partial charge is 0.410 e. The normalized spacial score (nSPS) is 20.5. The Bertz CT molecular complexity index is 643. The molecule has 0 radical (unpaired) electrons. The Kier molecular flexibility index (Phi) is 5.31. The molecule has 23 heavy (non-hydrogen) atoms. The average Bonchev–Trinajstić information content (AvgIpc) is 2.78. The molecule has 1 N–H and O–H groups in total. The zero-order chi connectivity index (χ0) is 17.1. The summed E-state index contributed by atoms with van der Waals surface area (Å²) in [5, 5.41) is 0. The second-order valence-electron chi connectivity index (χ2n) is 6.73. The van der Waals surface area contributed by atoms with Crippen LogP contribution in [-0.4, -0.2) is 45.3 Å². The molecule has 0 aliphatic carbocycles. The van der Waals surface area contributed by atoms with E-state index in [2.05, 4.69) is 4.72 Å². The van der Waals surface area contributed by atoms with E-state index in [4.69, 9.17) is 4.74 Å². The Morgan fingerprint density at radius 2 is 2.00 bits per heavy atom. The molecule has 128 valence electrons. The van der Waals surface area contributed by atoms with Gasteiger partial charge in [-0.05, 0) is 16.9 Å². The Balaban J connectivity index is 1.90. The Hall–Kier alpha value is -1.60. The van der Waals surface area contributed by atoms with Crippen LogP contribution in [0.1, 0.15) is 19.4 Å². The van der Waals surface area contributed by atoms with Crippen LogP contribution in [0.25, 0.3) is 0 Å². The van der Waals surface area contributed by atoms with Crippen molar-refractivity contribution in [1.82, 2.24) is 9.62 Å². The number of carbonyl (C=O) groups is 1. The monoisotopic (exact) mass is 340 g/mol. The molecule has 2 rings (SSSR count). The highest BCUT2D eigenvalue weighted by Gasteiger charge is 2.41. The van der Waals surface area contributed by atoms with E-state index in [1.807, 2.05) is 44.2 Å². The van der Waals surface area contributed by atoms with Gasteiger partial charge in [-0.15, -0.1) is 0 Å². The number of nitrogens with zero attached hydrogens (tertiary/aromatic N) is 1. The quantitative estimate of drug-likeness (QED) is 0.887. The number of likely N-dealkylation sites (tertiary alicyclic amines) is 1. The lowest BCUT2D eigenvalue weighted by Crippen LogP contribution is -2.35. The third-order valence-electron chi connectivity index (χ3n) is 4.20. The van der Waals surface area contributed by atoms with Crippen LogP contribution in [0.3, 0.4) is 0 Å². The van der Waals surface area contributed by atoms with Crippen LogP contribution in [0, 0.1) is 11.3 Å². The number of amides is 1. The van der Waals surface area contributed by atoms with Crippen molar-refractivity contribution in [1.29, 1.82) is 0 Å². The van der Waals surface area contributed by atoms with Gasteiger partial charge in [0.2, 0.25) is 10.0 Å². The zero-order valence-electron chi connectivity index (χ0n) is 13.8. The first kappa shape index (κ1) is 17.7. The molecule has 7 heteroatoms. The van der Waals surface area contributed by atoms with Gasteiger partial charge in [0.05, 0.1) is 6.26 Å². The Morgan fingerprint density at radius 3 is 2.61 bits per heavy atom. The van der Waals surface area contributed by atoms with E-state index in [9.17, 15) is 13.2 Å². The lowest BCUT2D eigenvalue weighted by atomic mass is 9.82. The first-order chi connectivity index (χ1) is 10.7. The van der Waals surface area contributed by atoms with Gasteiger partial charge in [-0.25, -0.2) is 17.9 Å². The van der Waals surface area contributed by atoms with Crippen LogP contribution >= 0.6 is 0 Å². The molecule has 1 heterocycles. The van der Waals surface area contributed by atoms with E-state index in [-0.39, 0.29) is 24.0 Å². The summed E-state index contributed by atoms with van der Waals surface area (Å²) >= 11 is 0. The first-order valence-electron chi connectivity index (χ1n) is 7.58. The number of rotatable bonds is 5. The van der Waals surface area contributed by atoms with Gasteiger partial charge in [0, 0.05) is 19.6 Å². The lowest BCUT2D eigenvalue weighted by molar-refractivity contribution is 0.101. The summed E-state index contributed by atoms with van der Waals surface area (Å²) in [6, 6.07) is 9.51. The van der Waals surface area contributed by atoms with Gasteiger partial charge in [0.25, 0.3) is 0 Å². The fourth-order valence-corrected chi connectivity index (χ4v) is 3.25. The van der Waals surface area contributed by atoms with Crippen molar-refractivity contribution in [2.24, 2.45) is 11.3 Å². The average molecular weight is 340 g/mol. The van der Waals surface area contributed by atoms with Crippen LogP contribution in [0.5, 0.6) is 0 Å². The van der Waals surface area contributed by atoms with E-state index < -0.39 is 10.0 Å². The van der Waals surface area contributed by atoms with Gasteiger partial charge >= 0.3 is 6.09 Å². The van der Waals surface area contributed by atoms with Gasteiger partial charge in [0.15, 0.2) is 0 Å². The fraction of sp³-hybridized carbons (Fsp3) is 0.562. The summed E-state index contributed by atoms with van der Waals surface area (Å²) in [4.78, 5) is 13.9. The molecule has 1 fully saturated rings. The maximum absolute atomic E-state index is 12.2. The Morgan fingerprint density at radius 1 is 1.35 bits per heavy atom. The molecule has 0 aromatic heterocycles. The number of hydrogen-bond acceptors (Lipinski definition) is 4. The van der Waals surface area contributed by atoms with Crippen LogP contribution in [0.2, 0.25) is 0 Å². The third-order valence-corrected chi connectivity index (χ3v) is 4.89. The molecule has 0 spiro atoms. The van der Waals surface area contributed by atoms with Crippen molar-refractivity contribution >= 4 is 16.1 Å². The predicted molar refractivity (Wildman–Crippen MR) is 88.3 cm³/mol. The summed E-state index contributed by atoms with van der Waals surface area (Å²) in [6.45, 7) is 5.68. The maximum atomic E-state index is 12.2. The Labute approximate surface area is 137 Å². The molecule has 1 aromatic rings. The molecule has 1 atom stereocenters. The molecule has 1 unspecified atom stereocenters. The maximum Gasteiger partial charge on any atom is 0.410 e. The van der Waals surface area contributed by atoms with Crippen molar-refractivity contribution in [3.63, 3.8) is 0 Å². The highest BCUT2D eigenvalue weighted by Crippen LogP contribution is 2.35. The van der Waals surface area contributed by atoms with E-state index in [0.717, 1.165) is 11.8 Å². The largest absolute Gasteiger partial charge is 0.445 e. The highest BCUT2D eigenvalue weighted by atomic mass is 32.2. The summed E-state index contributed by atoms with van der Waals surface area (Å²) in [7, 11) is -3.23. The molecule has 0 bridgehead atoms. The minimum atomic E-state index is -3.23. The standard InChI is InChI=1S/C16H24N2O4S/c1-16(2)12-18(10-14(16)9-17-23(3,20)21)15(19)22-11-13-7-5-4-6-8-13/h4-8,14,17H,9-12H2,1-3H3. The van der Waals surface area contributed by atoms with Crippen LogP contribution < -0.4 is 4.72 Å². The molecule has 0 saturated carbocycles. The van der Waals surface area contributed by atoms with Crippen molar-refractivity contribution in [2.45, 2.75) is 20.5 Å². The fourth-order valence-electron chi connectivity index (χ4n) is 2.74. The van der Waals surface area contributed by atoms with Crippen molar-refractivity contribution < 1.29 is 17.9 Å². The van der Waals surface area contributed by atoms with E-state index in [1.165, 1.54) is 0 Å². The SMILES string of the molecule is CC1(C)CN(C(=O)OCc2ccccc2)CC1CNS(C)(=O)=O. The molecule has 1 aromatic carbocycles. The molecule has 6 nitrogen and oxygen atoms in total. The number of nitrogens with one attached hydrogen (secondary N) is 1. The van der Waals surface area contributed by atoms with Crippen molar-refractivity contribution in [2.75, 3.05) is 25.9 Å². The van der Waals surface area contributed by atoms with Crippen LogP contribution in [-0.2, 0) is 21.4 Å². The summed E-state index contributed by atoms with van der Waals surface area (Å²) in [5.41, 5.74) is 0.776. The van der Waals surface area contributed by atoms with Crippen LogP contribution in [0.4, 0.5) is 4.79 Å². The molecule has 1 aliphatic rings. The number of benzene rings is 1. The van der Waals surface area contributed by atoms with Gasteiger partial charge in [-0.3, -0.25) is 0 Å². The van der Waals surface area contributed by atoms with Gasteiger partial charge < -0.3 is 9.64 Å². The minimum absolute atomic E-state index is 0.0569. The number of ether oxygens (including phenoxy) is 1. The molecular weight excluding hydrogens is 316 g/mol. The summed E-state index contributed by atoms with van der Waals surface area (Å²) < 4.78 is 30.4. The molecule has 1 amide bonds. The van der Waals surface area contributed by atoms with E-state index in [0.29, 0.717) is 19.6 Å². The highest BCUT2D eigenvalue weighted by molar-refractivity contribution is 7.88. The number of carbonyl (C=O) groups excluding carboxylic acids is 1. The summed E-state index contributed by atoms with van der Waals surface area (Å²) in [6.07, 6.45) is 0.782. The second-order valence-corrected chi connectivity index (χ2v) is 8.56. The van der Waals surface area contributed by atoms with Gasteiger partial charge in [0.1, 0.15) is 6.61 Å². The molecule has 1 saturated heterocycles. The number of sulfonamides is 1. The summed E-state index contributed by atoms with van der Waals surface area (Å²) in [5.74, 6) is 0.0569. The lowest BCUT2D eigenvalue weighted by Gasteiger charge is -2.24. The van der Waals surface area contributed by atoms with Gasteiger partial charge in [-0.1, -0.05) is 44.2 Å². The zero-order valence-corrected chi connectivity index (χ0v) is 14.6. The van der Waals surface area contributed by atoms with Crippen LogP contribution in [0.15, 0.2) is 30.3 Å². The van der Waals surface area contributed by atoms with Gasteiger partial charge in [-0.2, -0.15) is 0 Å². The number of hydrogen-bond donors (Lipinski definition) is 1. The van der Waals surface area contributed by atoms with Crippen molar-refractivity contribution in [3.8, 4) is 0 Å². The molecular formula is C16H24N2O4S. The third kappa shape index (κ3) is 5.21. The second kappa shape index (κ2) is 6.88. The predicted octanol–water partition coefficient (Wildman–Crippen LogP) is 1.83. The van der Waals surface area contributed by atoms with E-state index >= 15 is 0 Å². The van der Waals surface area contributed by atoms with E-state index in [1.54, 1.807) is 4.90 Å². The molecule has 1 aliphatic heterocycles. The topological polar surface area (TPSA) is 75.7 Å². The first-order valence-corrected chi connectivity index (χ1v) is 9.47.